The maximum atomic E-state index is 8.91. The lowest BCUT2D eigenvalue weighted by atomic mass is 9.95. The number of hydrogen-bond donors (Lipinski definition) is 2. The zero-order chi connectivity index (χ0) is 14.0. The van der Waals surface area contributed by atoms with Crippen molar-refractivity contribution >= 4 is 11.5 Å². The third-order valence-corrected chi connectivity index (χ3v) is 4.05. The number of nitrogens with two attached hydrogens (primary N) is 1. The quantitative estimate of drug-likeness (QED) is 0.380. The minimum Gasteiger partial charge on any atom is -0.409 e. The first kappa shape index (κ1) is 13.7. The summed E-state index contributed by atoms with van der Waals surface area (Å²) in [6.07, 6.45) is 1.21. The molecule has 1 atom stereocenters. The average molecular weight is 261 g/mol. The van der Waals surface area contributed by atoms with Crippen molar-refractivity contribution < 1.29 is 5.21 Å². The molecule has 1 aromatic rings. The van der Waals surface area contributed by atoms with Gasteiger partial charge in [-0.05, 0) is 42.9 Å². The molecule has 2 rings (SSSR count). The molecule has 0 aliphatic carbocycles. The molecule has 0 saturated carbocycles. The van der Waals surface area contributed by atoms with Crippen molar-refractivity contribution in [2.45, 2.75) is 27.2 Å². The van der Waals surface area contributed by atoms with Crippen LogP contribution >= 0.6 is 0 Å². The number of amidine groups is 1. The smallest absolute Gasteiger partial charge is 0.172 e. The van der Waals surface area contributed by atoms with Gasteiger partial charge in [-0.25, -0.2) is 0 Å². The summed E-state index contributed by atoms with van der Waals surface area (Å²) in [6.45, 7) is 8.70. The molecule has 104 valence electrons. The van der Waals surface area contributed by atoms with Gasteiger partial charge in [-0.1, -0.05) is 25.1 Å². The van der Waals surface area contributed by atoms with Crippen LogP contribution in [0.25, 0.3) is 0 Å². The summed E-state index contributed by atoms with van der Waals surface area (Å²) in [4.78, 5) is 2.35. The lowest BCUT2D eigenvalue weighted by Gasteiger charge is -2.23. The number of hydrogen-bond acceptors (Lipinski definition) is 3. The topological polar surface area (TPSA) is 61.9 Å². The van der Waals surface area contributed by atoms with Gasteiger partial charge < -0.3 is 15.8 Å². The van der Waals surface area contributed by atoms with Gasteiger partial charge in [-0.2, -0.15) is 0 Å². The molecule has 1 aliphatic rings. The molecule has 3 N–H and O–H groups in total. The molecule has 0 bridgehead atoms. The van der Waals surface area contributed by atoms with Crippen molar-refractivity contribution in [2.75, 3.05) is 18.0 Å². The number of anilines is 1. The molecule has 1 saturated heterocycles. The van der Waals surface area contributed by atoms with Crippen LogP contribution in [-0.2, 0) is 0 Å². The Kier molecular flexibility index (Phi) is 3.98. The first-order valence-corrected chi connectivity index (χ1v) is 6.86. The number of aryl methyl sites for hydroxylation is 1. The van der Waals surface area contributed by atoms with Gasteiger partial charge in [0, 0.05) is 24.3 Å². The van der Waals surface area contributed by atoms with E-state index < -0.39 is 0 Å². The summed E-state index contributed by atoms with van der Waals surface area (Å²) < 4.78 is 0. The minimum atomic E-state index is 0.183. The highest BCUT2D eigenvalue weighted by atomic mass is 16.4. The Balaban J connectivity index is 2.31. The van der Waals surface area contributed by atoms with Crippen molar-refractivity contribution in [3.05, 3.63) is 29.3 Å². The molecule has 0 aromatic heterocycles. The predicted molar refractivity (Wildman–Crippen MR) is 78.8 cm³/mol. The Labute approximate surface area is 114 Å². The van der Waals surface area contributed by atoms with Gasteiger partial charge in [0.25, 0.3) is 0 Å². The summed E-state index contributed by atoms with van der Waals surface area (Å²) in [7, 11) is 0. The van der Waals surface area contributed by atoms with Crippen molar-refractivity contribution in [3.63, 3.8) is 0 Å². The summed E-state index contributed by atoms with van der Waals surface area (Å²) in [5.74, 6) is 1.60. The molecule has 1 aromatic carbocycles. The summed E-state index contributed by atoms with van der Waals surface area (Å²) in [5.41, 5.74) is 8.87. The molecule has 1 aliphatic heterocycles. The number of oxime groups is 1. The Morgan fingerprint density at radius 2 is 2.21 bits per heavy atom. The van der Waals surface area contributed by atoms with E-state index in [1.165, 1.54) is 12.0 Å². The lowest BCUT2D eigenvalue weighted by molar-refractivity contribution is 0.318. The van der Waals surface area contributed by atoms with Gasteiger partial charge in [-0.15, -0.1) is 0 Å². The van der Waals surface area contributed by atoms with Crippen molar-refractivity contribution in [3.8, 4) is 0 Å². The Morgan fingerprint density at radius 1 is 1.47 bits per heavy atom. The molecule has 4 nitrogen and oxygen atoms in total. The molecule has 0 spiro atoms. The highest BCUT2D eigenvalue weighted by Gasteiger charge is 2.26. The van der Waals surface area contributed by atoms with Crippen LogP contribution in [0.3, 0.4) is 0 Å². The molecular formula is C15H23N3O. The van der Waals surface area contributed by atoms with Crippen LogP contribution in [0.1, 0.15) is 31.4 Å². The van der Waals surface area contributed by atoms with E-state index in [1.807, 2.05) is 12.1 Å². The average Bonchev–Trinajstić information content (AvgIpc) is 2.87. The van der Waals surface area contributed by atoms with Crippen LogP contribution in [0, 0.1) is 18.8 Å². The first-order chi connectivity index (χ1) is 9.02. The standard InChI is InChI=1S/C15H23N3O/c1-10(2)12-6-7-18(9-12)14-8-11(3)4-5-13(14)15(16)17-19/h4-5,8,10,12,19H,6-7,9H2,1-3H3,(H2,16,17). The first-order valence-electron chi connectivity index (χ1n) is 6.86. The third kappa shape index (κ3) is 2.83. The number of rotatable bonds is 3. The second-order valence-corrected chi connectivity index (χ2v) is 5.74. The third-order valence-electron chi connectivity index (χ3n) is 4.05. The highest BCUT2D eigenvalue weighted by Crippen LogP contribution is 2.31. The Hall–Kier alpha value is -1.71. The molecule has 0 amide bonds. The zero-order valence-electron chi connectivity index (χ0n) is 11.9. The fraction of sp³-hybridized carbons (Fsp3) is 0.533. The molecular weight excluding hydrogens is 238 g/mol. The Bertz CT molecular complexity index is 482. The second-order valence-electron chi connectivity index (χ2n) is 5.74. The van der Waals surface area contributed by atoms with Crippen molar-refractivity contribution in [2.24, 2.45) is 22.7 Å². The summed E-state index contributed by atoms with van der Waals surface area (Å²) >= 11 is 0. The lowest BCUT2D eigenvalue weighted by Crippen LogP contribution is -2.25. The van der Waals surface area contributed by atoms with Gasteiger partial charge in [0.05, 0.1) is 0 Å². The highest BCUT2D eigenvalue weighted by molar-refractivity contribution is 6.02. The van der Waals surface area contributed by atoms with Crippen LogP contribution in [-0.4, -0.2) is 24.1 Å². The molecule has 1 unspecified atom stereocenters. The summed E-state index contributed by atoms with van der Waals surface area (Å²) in [6, 6.07) is 6.05. The summed E-state index contributed by atoms with van der Waals surface area (Å²) in [5, 5.41) is 12.1. The van der Waals surface area contributed by atoms with E-state index in [0.717, 1.165) is 30.3 Å². The van der Waals surface area contributed by atoms with Gasteiger partial charge in [0.15, 0.2) is 5.84 Å². The maximum Gasteiger partial charge on any atom is 0.172 e. The van der Waals surface area contributed by atoms with Crippen LogP contribution in [0.2, 0.25) is 0 Å². The van der Waals surface area contributed by atoms with E-state index in [1.54, 1.807) is 0 Å². The molecule has 4 heteroatoms. The largest absolute Gasteiger partial charge is 0.409 e. The number of benzene rings is 1. The monoisotopic (exact) mass is 261 g/mol. The van der Waals surface area contributed by atoms with Crippen molar-refractivity contribution in [1.82, 2.24) is 0 Å². The second kappa shape index (κ2) is 5.51. The van der Waals surface area contributed by atoms with Crippen LogP contribution < -0.4 is 10.6 Å². The Morgan fingerprint density at radius 3 is 2.79 bits per heavy atom. The normalized spacial score (nSPS) is 20.3. The van der Waals surface area contributed by atoms with E-state index in [4.69, 9.17) is 10.9 Å². The van der Waals surface area contributed by atoms with Gasteiger partial charge >= 0.3 is 0 Å². The van der Waals surface area contributed by atoms with Crippen LogP contribution in [0.15, 0.2) is 23.4 Å². The molecule has 0 radical (unpaired) electrons. The van der Waals surface area contributed by atoms with Crippen molar-refractivity contribution in [1.29, 1.82) is 0 Å². The fourth-order valence-electron chi connectivity index (χ4n) is 2.72. The zero-order valence-corrected chi connectivity index (χ0v) is 11.9. The van der Waals surface area contributed by atoms with Gasteiger partial charge in [-0.3, -0.25) is 0 Å². The van der Waals surface area contributed by atoms with Gasteiger partial charge in [0.2, 0.25) is 0 Å². The number of nitrogens with zero attached hydrogens (tertiary/aromatic N) is 2. The molecule has 1 fully saturated rings. The van der Waals surface area contributed by atoms with Gasteiger partial charge in [0.1, 0.15) is 0 Å². The van der Waals surface area contributed by atoms with E-state index in [0.29, 0.717) is 5.92 Å². The van der Waals surface area contributed by atoms with E-state index in [9.17, 15) is 0 Å². The van der Waals surface area contributed by atoms with Crippen LogP contribution in [0.5, 0.6) is 0 Å². The fourth-order valence-corrected chi connectivity index (χ4v) is 2.72. The molecule has 1 heterocycles. The van der Waals surface area contributed by atoms with E-state index in [-0.39, 0.29) is 5.84 Å². The minimum absolute atomic E-state index is 0.183. The molecule has 19 heavy (non-hydrogen) atoms. The SMILES string of the molecule is Cc1ccc(/C(N)=N/O)c(N2CCC(C(C)C)C2)c1. The maximum absolute atomic E-state index is 8.91. The van der Waals surface area contributed by atoms with E-state index >= 15 is 0 Å². The predicted octanol–water partition coefficient (Wildman–Crippen LogP) is 2.57. The van der Waals surface area contributed by atoms with E-state index in [2.05, 4.69) is 36.9 Å². The van der Waals surface area contributed by atoms with Crippen LogP contribution in [0.4, 0.5) is 5.69 Å².